The Balaban J connectivity index is 1.92. The summed E-state index contributed by atoms with van der Waals surface area (Å²) in [7, 11) is 0. The summed E-state index contributed by atoms with van der Waals surface area (Å²) in [5.74, 6) is -1.93. The number of anilines is 1. The standard InChI is InChI=1S/C18H17N3O4/c19-10-15(22)21-17(23)12-3-1-2-11-14(20-6-8-25-9-7-20)5-4-13(16(11)12)18(21)24/h1-5H,6-10,19H2. The van der Waals surface area contributed by atoms with E-state index < -0.39 is 24.3 Å². The highest BCUT2D eigenvalue weighted by molar-refractivity contribution is 6.32. The van der Waals surface area contributed by atoms with Crippen molar-refractivity contribution in [1.29, 1.82) is 0 Å². The number of hydrogen-bond donors (Lipinski definition) is 1. The van der Waals surface area contributed by atoms with E-state index in [1.165, 1.54) is 0 Å². The molecule has 0 radical (unpaired) electrons. The quantitative estimate of drug-likeness (QED) is 0.812. The molecule has 1 fully saturated rings. The first-order valence-electron chi connectivity index (χ1n) is 8.13. The van der Waals surface area contributed by atoms with Gasteiger partial charge in [-0.05, 0) is 18.2 Å². The summed E-state index contributed by atoms with van der Waals surface area (Å²) < 4.78 is 5.39. The minimum Gasteiger partial charge on any atom is -0.378 e. The minimum absolute atomic E-state index is 0.351. The molecule has 0 atom stereocenters. The van der Waals surface area contributed by atoms with Crippen LogP contribution >= 0.6 is 0 Å². The van der Waals surface area contributed by atoms with Crippen LogP contribution in [0.5, 0.6) is 0 Å². The number of amides is 3. The van der Waals surface area contributed by atoms with Gasteiger partial charge in [0.1, 0.15) is 0 Å². The number of nitrogens with two attached hydrogens (primary N) is 1. The fourth-order valence-electron chi connectivity index (χ4n) is 3.48. The van der Waals surface area contributed by atoms with Crippen molar-refractivity contribution in [3.8, 4) is 0 Å². The lowest BCUT2D eigenvalue weighted by Crippen LogP contribution is -2.47. The summed E-state index contributed by atoms with van der Waals surface area (Å²) >= 11 is 0. The Morgan fingerprint density at radius 1 is 1.04 bits per heavy atom. The van der Waals surface area contributed by atoms with Gasteiger partial charge < -0.3 is 15.4 Å². The van der Waals surface area contributed by atoms with Gasteiger partial charge in [-0.15, -0.1) is 0 Å². The lowest BCUT2D eigenvalue weighted by molar-refractivity contribution is -0.125. The van der Waals surface area contributed by atoms with Crippen molar-refractivity contribution < 1.29 is 19.1 Å². The van der Waals surface area contributed by atoms with Gasteiger partial charge in [-0.1, -0.05) is 12.1 Å². The summed E-state index contributed by atoms with van der Waals surface area (Å²) in [5, 5.41) is 1.43. The fourth-order valence-corrected chi connectivity index (χ4v) is 3.48. The molecular weight excluding hydrogens is 322 g/mol. The lowest BCUT2D eigenvalue weighted by Gasteiger charge is -2.32. The molecule has 0 bridgehead atoms. The van der Waals surface area contributed by atoms with Crippen LogP contribution in [0.15, 0.2) is 30.3 Å². The van der Waals surface area contributed by atoms with Gasteiger partial charge in [0.25, 0.3) is 11.8 Å². The maximum absolute atomic E-state index is 12.7. The highest BCUT2D eigenvalue weighted by atomic mass is 16.5. The van der Waals surface area contributed by atoms with Crippen molar-refractivity contribution in [3.63, 3.8) is 0 Å². The molecule has 1 saturated heterocycles. The lowest BCUT2D eigenvalue weighted by atomic mass is 9.92. The highest BCUT2D eigenvalue weighted by Crippen LogP contribution is 2.36. The van der Waals surface area contributed by atoms with Gasteiger partial charge in [0.05, 0.1) is 19.8 Å². The Hall–Kier alpha value is -2.77. The SMILES string of the molecule is NCC(=O)N1C(=O)c2cccc3c(N4CCOCC4)ccc(c23)C1=O. The normalized spacial score (nSPS) is 17.3. The van der Waals surface area contributed by atoms with Crippen molar-refractivity contribution in [3.05, 3.63) is 41.5 Å². The number of carbonyl (C=O) groups excluding carboxylic acids is 3. The van der Waals surface area contributed by atoms with Crippen LogP contribution in [0.1, 0.15) is 20.7 Å². The van der Waals surface area contributed by atoms with Crippen molar-refractivity contribution in [2.24, 2.45) is 5.73 Å². The van der Waals surface area contributed by atoms with Crippen molar-refractivity contribution in [2.45, 2.75) is 0 Å². The number of benzene rings is 2. The second kappa shape index (κ2) is 5.94. The van der Waals surface area contributed by atoms with Crippen LogP contribution < -0.4 is 10.6 Å². The zero-order valence-electron chi connectivity index (χ0n) is 13.5. The molecule has 2 aromatic carbocycles. The number of carbonyl (C=O) groups is 3. The minimum atomic E-state index is -0.699. The summed E-state index contributed by atoms with van der Waals surface area (Å²) in [6.45, 7) is 2.38. The number of morpholine rings is 1. The van der Waals surface area contributed by atoms with Crippen LogP contribution in [0, 0.1) is 0 Å². The van der Waals surface area contributed by atoms with E-state index in [0.29, 0.717) is 34.6 Å². The first-order valence-corrected chi connectivity index (χ1v) is 8.13. The molecule has 128 valence electrons. The maximum Gasteiger partial charge on any atom is 0.268 e. The molecule has 0 saturated carbocycles. The second-order valence-corrected chi connectivity index (χ2v) is 6.00. The monoisotopic (exact) mass is 339 g/mol. The number of nitrogens with zero attached hydrogens (tertiary/aromatic N) is 2. The molecular formula is C18H17N3O4. The molecule has 25 heavy (non-hydrogen) atoms. The second-order valence-electron chi connectivity index (χ2n) is 6.00. The first-order chi connectivity index (χ1) is 12.1. The Kier molecular flexibility index (Phi) is 3.74. The van der Waals surface area contributed by atoms with E-state index in [4.69, 9.17) is 10.5 Å². The third-order valence-corrected chi connectivity index (χ3v) is 4.66. The van der Waals surface area contributed by atoms with Crippen LogP contribution in [0.25, 0.3) is 10.8 Å². The fraction of sp³-hybridized carbons (Fsp3) is 0.278. The van der Waals surface area contributed by atoms with Gasteiger partial charge >= 0.3 is 0 Å². The molecule has 2 heterocycles. The molecule has 2 aliphatic heterocycles. The number of rotatable bonds is 2. The van der Waals surface area contributed by atoms with Crippen LogP contribution in [-0.2, 0) is 9.53 Å². The molecule has 0 aromatic heterocycles. The molecule has 4 rings (SSSR count). The molecule has 0 unspecified atom stereocenters. The summed E-state index contributed by atoms with van der Waals surface area (Å²) in [4.78, 5) is 40.2. The van der Waals surface area contributed by atoms with Crippen LogP contribution in [0.3, 0.4) is 0 Å². The van der Waals surface area contributed by atoms with Gasteiger partial charge in [-0.3, -0.25) is 14.4 Å². The van der Waals surface area contributed by atoms with E-state index >= 15 is 0 Å². The van der Waals surface area contributed by atoms with E-state index in [1.54, 1.807) is 18.2 Å². The third kappa shape index (κ3) is 2.32. The molecule has 3 amide bonds. The molecule has 0 spiro atoms. The molecule has 2 N–H and O–H groups in total. The van der Waals surface area contributed by atoms with Crippen LogP contribution in [-0.4, -0.2) is 55.5 Å². The number of hydrogen-bond acceptors (Lipinski definition) is 6. The van der Waals surface area contributed by atoms with Gasteiger partial charge in [0.2, 0.25) is 5.91 Å². The van der Waals surface area contributed by atoms with Gasteiger partial charge in [-0.2, -0.15) is 0 Å². The number of imide groups is 3. The van der Waals surface area contributed by atoms with Crippen molar-refractivity contribution in [2.75, 3.05) is 37.7 Å². The zero-order chi connectivity index (χ0) is 17.6. The predicted octanol–water partition coefficient (Wildman–Crippen LogP) is 0.758. The molecule has 2 aliphatic rings. The van der Waals surface area contributed by atoms with Crippen LogP contribution in [0.2, 0.25) is 0 Å². The van der Waals surface area contributed by atoms with Crippen molar-refractivity contribution >= 4 is 34.2 Å². The summed E-state index contributed by atoms with van der Waals surface area (Å²) in [6.07, 6.45) is 0. The average Bonchev–Trinajstić information content (AvgIpc) is 2.66. The summed E-state index contributed by atoms with van der Waals surface area (Å²) in [5.41, 5.74) is 7.02. The Bertz CT molecular complexity index is 880. The molecule has 2 aromatic rings. The van der Waals surface area contributed by atoms with E-state index in [-0.39, 0.29) is 0 Å². The Labute approximate surface area is 143 Å². The largest absolute Gasteiger partial charge is 0.378 e. The third-order valence-electron chi connectivity index (χ3n) is 4.66. The predicted molar refractivity (Wildman–Crippen MR) is 91.5 cm³/mol. The van der Waals surface area contributed by atoms with Crippen molar-refractivity contribution in [1.82, 2.24) is 4.90 Å². The smallest absolute Gasteiger partial charge is 0.268 e. The van der Waals surface area contributed by atoms with E-state index in [1.807, 2.05) is 12.1 Å². The van der Waals surface area contributed by atoms with E-state index in [0.717, 1.165) is 24.2 Å². The molecule has 0 aliphatic carbocycles. The van der Waals surface area contributed by atoms with Gasteiger partial charge in [-0.25, -0.2) is 4.90 Å². The molecule has 7 nitrogen and oxygen atoms in total. The molecule has 7 heteroatoms. The number of ether oxygens (including phenoxy) is 1. The van der Waals surface area contributed by atoms with Crippen LogP contribution in [0.4, 0.5) is 5.69 Å². The topological polar surface area (TPSA) is 92.9 Å². The highest BCUT2D eigenvalue weighted by Gasteiger charge is 2.37. The maximum atomic E-state index is 12.7. The van der Waals surface area contributed by atoms with E-state index in [9.17, 15) is 14.4 Å². The zero-order valence-corrected chi connectivity index (χ0v) is 13.5. The average molecular weight is 339 g/mol. The Morgan fingerprint density at radius 2 is 1.72 bits per heavy atom. The van der Waals surface area contributed by atoms with Gasteiger partial charge in [0.15, 0.2) is 0 Å². The Morgan fingerprint density at radius 3 is 2.40 bits per heavy atom. The summed E-state index contributed by atoms with van der Waals surface area (Å²) in [6, 6.07) is 8.85. The first kappa shape index (κ1) is 15.7. The van der Waals surface area contributed by atoms with E-state index in [2.05, 4.69) is 4.90 Å². The van der Waals surface area contributed by atoms with Gasteiger partial charge in [0, 0.05) is 40.7 Å².